The van der Waals surface area contributed by atoms with Gasteiger partial charge in [-0.05, 0) is 6.07 Å². The van der Waals surface area contributed by atoms with E-state index >= 15 is 0 Å². The van der Waals surface area contributed by atoms with Gasteiger partial charge in [0, 0.05) is 25.2 Å². The van der Waals surface area contributed by atoms with E-state index in [0.29, 0.717) is 18.2 Å². The molecule has 18 heavy (non-hydrogen) atoms. The molecule has 0 amide bonds. The predicted molar refractivity (Wildman–Crippen MR) is 69.5 cm³/mol. The summed E-state index contributed by atoms with van der Waals surface area (Å²) in [7, 11) is 1.88. The number of anilines is 1. The highest BCUT2D eigenvalue weighted by Gasteiger charge is 2.05. The zero-order valence-electron chi connectivity index (χ0n) is 10.8. The van der Waals surface area contributed by atoms with Gasteiger partial charge in [0.25, 0.3) is 5.56 Å². The summed E-state index contributed by atoms with van der Waals surface area (Å²) in [6.07, 6.45) is 1.74. The minimum absolute atomic E-state index is 0.138. The smallest absolute Gasteiger partial charge is 0.252 e. The zero-order chi connectivity index (χ0) is 13.1. The lowest BCUT2D eigenvalue weighted by atomic mass is 10.2. The van der Waals surface area contributed by atoms with Gasteiger partial charge < -0.3 is 10.3 Å². The van der Waals surface area contributed by atoms with Gasteiger partial charge in [0.05, 0.1) is 12.2 Å². The molecule has 0 saturated heterocycles. The van der Waals surface area contributed by atoms with Gasteiger partial charge in [-0.2, -0.15) is 5.10 Å². The third-order valence-electron chi connectivity index (χ3n) is 2.68. The average Bonchev–Trinajstić information content (AvgIpc) is 2.71. The second kappa shape index (κ2) is 5.03. The Kier molecular flexibility index (Phi) is 3.45. The Hall–Kier alpha value is -2.11. The first-order valence-corrected chi connectivity index (χ1v) is 5.88. The third kappa shape index (κ3) is 2.77. The summed E-state index contributed by atoms with van der Waals surface area (Å²) < 4.78 is 1.78. The Morgan fingerprint density at radius 1 is 1.50 bits per heavy atom. The molecule has 2 aromatic rings. The topological polar surface area (TPSA) is 75.6 Å². The molecule has 96 valence electrons. The van der Waals surface area contributed by atoms with Gasteiger partial charge in [-0.25, -0.2) is 4.98 Å². The van der Waals surface area contributed by atoms with Crippen LogP contribution < -0.4 is 10.9 Å². The molecule has 0 aliphatic heterocycles. The third-order valence-corrected chi connectivity index (χ3v) is 2.68. The Labute approximate surface area is 105 Å². The standard InChI is InChI=1S/C12H17N5O/c1-8(2)12-15-10(6-11(18)16-12)13-7-9-4-5-14-17(9)3/h4-6,8H,7H2,1-3H3,(H2,13,15,16,18). The molecule has 0 bridgehead atoms. The van der Waals surface area contributed by atoms with Crippen LogP contribution in [0.5, 0.6) is 0 Å². The van der Waals surface area contributed by atoms with E-state index in [0.717, 1.165) is 5.69 Å². The maximum absolute atomic E-state index is 11.5. The first kappa shape index (κ1) is 12.3. The number of nitrogens with zero attached hydrogens (tertiary/aromatic N) is 3. The summed E-state index contributed by atoms with van der Waals surface area (Å²) in [5.74, 6) is 1.47. The molecule has 0 aliphatic carbocycles. The molecular formula is C12H17N5O. The van der Waals surface area contributed by atoms with Gasteiger partial charge >= 0.3 is 0 Å². The van der Waals surface area contributed by atoms with E-state index in [-0.39, 0.29) is 11.5 Å². The number of aromatic nitrogens is 4. The quantitative estimate of drug-likeness (QED) is 0.852. The van der Waals surface area contributed by atoms with E-state index < -0.39 is 0 Å². The van der Waals surface area contributed by atoms with Crippen LogP contribution in [0.4, 0.5) is 5.82 Å². The number of nitrogens with one attached hydrogen (secondary N) is 2. The number of rotatable bonds is 4. The molecule has 6 nitrogen and oxygen atoms in total. The Balaban J connectivity index is 2.14. The van der Waals surface area contributed by atoms with E-state index in [1.807, 2.05) is 27.0 Å². The van der Waals surface area contributed by atoms with E-state index in [4.69, 9.17) is 0 Å². The molecule has 0 fully saturated rings. The first-order chi connectivity index (χ1) is 8.56. The van der Waals surface area contributed by atoms with E-state index in [9.17, 15) is 4.79 Å². The monoisotopic (exact) mass is 247 g/mol. The number of aromatic amines is 1. The van der Waals surface area contributed by atoms with Gasteiger partial charge in [0.15, 0.2) is 0 Å². The van der Waals surface area contributed by atoms with Gasteiger partial charge in [-0.3, -0.25) is 9.48 Å². The molecular weight excluding hydrogens is 230 g/mol. The minimum atomic E-state index is -0.138. The van der Waals surface area contributed by atoms with Crippen LogP contribution in [-0.2, 0) is 13.6 Å². The Bertz CT molecular complexity index is 584. The largest absolute Gasteiger partial charge is 0.364 e. The molecule has 6 heteroatoms. The average molecular weight is 247 g/mol. The fourth-order valence-corrected chi connectivity index (χ4v) is 1.60. The summed E-state index contributed by atoms with van der Waals surface area (Å²) in [6.45, 7) is 4.57. The lowest BCUT2D eigenvalue weighted by Crippen LogP contribution is -2.15. The van der Waals surface area contributed by atoms with Gasteiger partial charge in [-0.1, -0.05) is 13.8 Å². The van der Waals surface area contributed by atoms with Crippen LogP contribution in [-0.4, -0.2) is 19.7 Å². The number of aryl methyl sites for hydroxylation is 1. The minimum Gasteiger partial charge on any atom is -0.364 e. The SMILES string of the molecule is CC(C)c1nc(NCc2ccnn2C)cc(=O)[nH]1. The van der Waals surface area contributed by atoms with Crippen molar-refractivity contribution in [1.29, 1.82) is 0 Å². The fraction of sp³-hybridized carbons (Fsp3) is 0.417. The van der Waals surface area contributed by atoms with Crippen molar-refractivity contribution >= 4 is 5.82 Å². The summed E-state index contributed by atoms with van der Waals surface area (Å²) in [6, 6.07) is 3.38. The van der Waals surface area contributed by atoms with E-state index in [1.165, 1.54) is 6.07 Å². The van der Waals surface area contributed by atoms with E-state index in [1.54, 1.807) is 10.9 Å². The molecule has 0 atom stereocenters. The molecule has 2 aromatic heterocycles. The lowest BCUT2D eigenvalue weighted by molar-refractivity contribution is 0.718. The number of hydrogen-bond donors (Lipinski definition) is 2. The van der Waals surface area contributed by atoms with E-state index in [2.05, 4.69) is 20.4 Å². The molecule has 2 heterocycles. The Morgan fingerprint density at radius 2 is 2.28 bits per heavy atom. The molecule has 2 rings (SSSR count). The maximum Gasteiger partial charge on any atom is 0.252 e. The number of hydrogen-bond acceptors (Lipinski definition) is 4. The first-order valence-electron chi connectivity index (χ1n) is 5.88. The van der Waals surface area contributed by atoms with Crippen LogP contribution in [0.25, 0.3) is 0 Å². The molecule has 0 saturated carbocycles. The molecule has 0 radical (unpaired) electrons. The molecule has 0 aliphatic rings. The van der Waals surface area contributed by atoms with Crippen molar-refractivity contribution < 1.29 is 0 Å². The predicted octanol–water partition coefficient (Wildman–Crippen LogP) is 1.24. The summed E-state index contributed by atoms with van der Waals surface area (Å²) >= 11 is 0. The highest BCUT2D eigenvalue weighted by atomic mass is 16.1. The molecule has 0 aromatic carbocycles. The number of H-pyrrole nitrogens is 1. The van der Waals surface area contributed by atoms with Crippen molar-refractivity contribution in [2.45, 2.75) is 26.3 Å². The van der Waals surface area contributed by atoms with Crippen LogP contribution >= 0.6 is 0 Å². The van der Waals surface area contributed by atoms with Gasteiger partial charge in [0.2, 0.25) is 0 Å². The van der Waals surface area contributed by atoms with Crippen LogP contribution in [0.3, 0.4) is 0 Å². The molecule has 0 spiro atoms. The van der Waals surface area contributed by atoms with Gasteiger partial charge in [0.1, 0.15) is 11.6 Å². The van der Waals surface area contributed by atoms with Crippen LogP contribution in [0.2, 0.25) is 0 Å². The summed E-state index contributed by atoms with van der Waals surface area (Å²) in [5.41, 5.74) is 0.893. The van der Waals surface area contributed by atoms with Gasteiger partial charge in [-0.15, -0.1) is 0 Å². The fourth-order valence-electron chi connectivity index (χ4n) is 1.60. The second-order valence-electron chi connectivity index (χ2n) is 4.47. The summed E-state index contributed by atoms with van der Waals surface area (Å²) in [4.78, 5) is 18.6. The normalized spacial score (nSPS) is 10.9. The van der Waals surface area contributed by atoms with Crippen molar-refractivity contribution in [2.75, 3.05) is 5.32 Å². The molecule has 0 unspecified atom stereocenters. The molecule has 2 N–H and O–H groups in total. The van der Waals surface area contributed by atoms with Crippen molar-refractivity contribution in [3.05, 3.63) is 40.2 Å². The zero-order valence-corrected chi connectivity index (χ0v) is 10.8. The van der Waals surface area contributed by atoms with Crippen LogP contribution in [0.1, 0.15) is 31.3 Å². The van der Waals surface area contributed by atoms with Crippen LogP contribution in [0.15, 0.2) is 23.1 Å². The van der Waals surface area contributed by atoms with Crippen molar-refractivity contribution in [3.8, 4) is 0 Å². The van der Waals surface area contributed by atoms with Crippen LogP contribution in [0, 0.1) is 0 Å². The lowest BCUT2D eigenvalue weighted by Gasteiger charge is -2.09. The summed E-state index contributed by atoms with van der Waals surface area (Å²) in [5, 5.41) is 7.21. The Morgan fingerprint density at radius 3 is 2.89 bits per heavy atom. The van der Waals surface area contributed by atoms with Crippen molar-refractivity contribution in [3.63, 3.8) is 0 Å². The highest BCUT2D eigenvalue weighted by molar-refractivity contribution is 5.34. The maximum atomic E-state index is 11.5. The van der Waals surface area contributed by atoms with Crippen molar-refractivity contribution in [1.82, 2.24) is 19.7 Å². The second-order valence-corrected chi connectivity index (χ2v) is 4.47. The highest BCUT2D eigenvalue weighted by Crippen LogP contribution is 2.09. The van der Waals surface area contributed by atoms with Crippen molar-refractivity contribution in [2.24, 2.45) is 7.05 Å².